The third-order valence-corrected chi connectivity index (χ3v) is 4.39. The number of hydrogen-bond acceptors (Lipinski definition) is 2. The van der Waals surface area contributed by atoms with Crippen molar-refractivity contribution in [3.63, 3.8) is 0 Å². The van der Waals surface area contributed by atoms with Gasteiger partial charge in [0.15, 0.2) is 0 Å². The van der Waals surface area contributed by atoms with Crippen LogP contribution in [0.5, 0.6) is 5.75 Å². The summed E-state index contributed by atoms with van der Waals surface area (Å²) in [7, 11) is 0. The summed E-state index contributed by atoms with van der Waals surface area (Å²) in [5.41, 5.74) is 0. The summed E-state index contributed by atoms with van der Waals surface area (Å²) >= 11 is 3.15. The maximum atomic E-state index is 13.1. The molecule has 1 aromatic carbocycles. The lowest BCUT2D eigenvalue weighted by Crippen LogP contribution is -2.39. The second-order valence-corrected chi connectivity index (χ2v) is 6.10. The van der Waals surface area contributed by atoms with E-state index < -0.39 is 0 Å². The number of nitrogens with one attached hydrogen (secondary N) is 1. The molecule has 0 saturated heterocycles. The number of ether oxygens (including phenoxy) is 1. The van der Waals surface area contributed by atoms with Gasteiger partial charge in [-0.05, 0) is 52.9 Å². The van der Waals surface area contributed by atoms with E-state index in [2.05, 4.69) is 28.2 Å². The van der Waals surface area contributed by atoms with E-state index in [1.54, 1.807) is 12.1 Å². The fraction of sp³-hybridized carbons (Fsp3) is 0.600. The van der Waals surface area contributed by atoms with Crippen LogP contribution in [0.3, 0.4) is 0 Å². The van der Waals surface area contributed by atoms with Crippen molar-refractivity contribution >= 4 is 15.9 Å². The minimum Gasteiger partial charge on any atom is -0.492 e. The average molecular weight is 330 g/mol. The quantitative estimate of drug-likeness (QED) is 0.820. The van der Waals surface area contributed by atoms with Crippen molar-refractivity contribution in [1.29, 1.82) is 0 Å². The van der Waals surface area contributed by atoms with Crippen LogP contribution in [0.4, 0.5) is 4.39 Å². The summed E-state index contributed by atoms with van der Waals surface area (Å²) in [6.07, 6.45) is 5.28. The van der Waals surface area contributed by atoms with Gasteiger partial charge in [-0.1, -0.05) is 19.8 Å². The molecule has 0 bridgehead atoms. The van der Waals surface area contributed by atoms with E-state index in [-0.39, 0.29) is 5.82 Å². The molecule has 0 radical (unpaired) electrons. The fourth-order valence-electron chi connectivity index (χ4n) is 2.60. The Labute approximate surface area is 122 Å². The van der Waals surface area contributed by atoms with Crippen LogP contribution in [0.25, 0.3) is 0 Å². The standard InChI is InChI=1S/C15H21BrFNO/c1-11-4-2-3-5-15(11)18-8-9-19-12-6-7-14(17)13(16)10-12/h6-7,10-11,15,18H,2-5,8-9H2,1H3. The molecule has 0 aliphatic heterocycles. The zero-order valence-electron chi connectivity index (χ0n) is 11.3. The van der Waals surface area contributed by atoms with E-state index in [4.69, 9.17) is 4.74 Å². The Morgan fingerprint density at radius 3 is 2.89 bits per heavy atom. The van der Waals surface area contributed by atoms with Gasteiger partial charge in [0, 0.05) is 12.6 Å². The predicted molar refractivity (Wildman–Crippen MR) is 79.0 cm³/mol. The number of benzene rings is 1. The van der Waals surface area contributed by atoms with Crippen LogP contribution in [0.2, 0.25) is 0 Å². The molecular formula is C15H21BrFNO. The summed E-state index contributed by atoms with van der Waals surface area (Å²) in [6, 6.07) is 5.36. The Morgan fingerprint density at radius 1 is 1.37 bits per heavy atom. The first-order chi connectivity index (χ1) is 9.16. The van der Waals surface area contributed by atoms with E-state index in [1.165, 1.54) is 31.7 Å². The largest absolute Gasteiger partial charge is 0.492 e. The molecule has 0 spiro atoms. The van der Waals surface area contributed by atoms with E-state index in [0.717, 1.165) is 12.5 Å². The Hall–Kier alpha value is -0.610. The Morgan fingerprint density at radius 2 is 2.16 bits per heavy atom. The van der Waals surface area contributed by atoms with Crippen molar-refractivity contribution < 1.29 is 9.13 Å². The van der Waals surface area contributed by atoms with Gasteiger partial charge in [0.2, 0.25) is 0 Å². The van der Waals surface area contributed by atoms with Gasteiger partial charge < -0.3 is 10.1 Å². The first-order valence-electron chi connectivity index (χ1n) is 6.98. The van der Waals surface area contributed by atoms with E-state index in [1.807, 2.05) is 0 Å². The lowest BCUT2D eigenvalue weighted by Gasteiger charge is -2.29. The molecule has 0 aromatic heterocycles. The molecule has 2 rings (SSSR count). The molecule has 2 unspecified atom stereocenters. The molecular weight excluding hydrogens is 309 g/mol. The van der Waals surface area contributed by atoms with Crippen molar-refractivity contribution in [3.05, 3.63) is 28.5 Å². The third-order valence-electron chi connectivity index (χ3n) is 3.78. The molecule has 19 heavy (non-hydrogen) atoms. The first-order valence-corrected chi connectivity index (χ1v) is 7.77. The zero-order valence-corrected chi connectivity index (χ0v) is 12.9. The van der Waals surface area contributed by atoms with Gasteiger partial charge in [-0.15, -0.1) is 0 Å². The monoisotopic (exact) mass is 329 g/mol. The first kappa shape index (κ1) is 14.8. The molecule has 0 heterocycles. The molecule has 1 aliphatic carbocycles. The molecule has 1 aliphatic rings. The second-order valence-electron chi connectivity index (χ2n) is 5.25. The fourth-order valence-corrected chi connectivity index (χ4v) is 2.96. The Balaban J connectivity index is 1.70. The lowest BCUT2D eigenvalue weighted by atomic mass is 9.86. The molecule has 2 nitrogen and oxygen atoms in total. The van der Waals surface area contributed by atoms with Crippen LogP contribution >= 0.6 is 15.9 Å². The highest BCUT2D eigenvalue weighted by Crippen LogP contribution is 2.24. The highest BCUT2D eigenvalue weighted by molar-refractivity contribution is 9.10. The topological polar surface area (TPSA) is 21.3 Å². The highest BCUT2D eigenvalue weighted by atomic mass is 79.9. The van der Waals surface area contributed by atoms with Crippen LogP contribution in [-0.2, 0) is 0 Å². The molecule has 106 valence electrons. The number of rotatable bonds is 5. The maximum Gasteiger partial charge on any atom is 0.137 e. The maximum absolute atomic E-state index is 13.1. The van der Waals surface area contributed by atoms with Gasteiger partial charge in [0.1, 0.15) is 18.2 Å². The Bertz CT molecular complexity index is 413. The smallest absolute Gasteiger partial charge is 0.137 e. The van der Waals surface area contributed by atoms with Crippen molar-refractivity contribution in [3.8, 4) is 5.75 Å². The van der Waals surface area contributed by atoms with Crippen molar-refractivity contribution in [2.75, 3.05) is 13.2 Å². The van der Waals surface area contributed by atoms with Gasteiger partial charge in [0.05, 0.1) is 4.47 Å². The molecule has 4 heteroatoms. The van der Waals surface area contributed by atoms with Crippen molar-refractivity contribution in [2.45, 2.75) is 38.6 Å². The van der Waals surface area contributed by atoms with Gasteiger partial charge in [-0.2, -0.15) is 0 Å². The molecule has 1 N–H and O–H groups in total. The summed E-state index contributed by atoms with van der Waals surface area (Å²) < 4.78 is 19.1. The number of hydrogen-bond donors (Lipinski definition) is 1. The van der Waals surface area contributed by atoms with Crippen LogP contribution in [0, 0.1) is 11.7 Å². The molecule has 1 aromatic rings. The SMILES string of the molecule is CC1CCCCC1NCCOc1ccc(F)c(Br)c1. The van der Waals surface area contributed by atoms with Crippen LogP contribution in [0.15, 0.2) is 22.7 Å². The van der Waals surface area contributed by atoms with E-state index in [0.29, 0.717) is 22.9 Å². The van der Waals surface area contributed by atoms with Crippen molar-refractivity contribution in [2.24, 2.45) is 5.92 Å². The van der Waals surface area contributed by atoms with Gasteiger partial charge in [0.25, 0.3) is 0 Å². The summed E-state index contributed by atoms with van der Waals surface area (Å²) in [5.74, 6) is 1.20. The lowest BCUT2D eigenvalue weighted by molar-refractivity contribution is 0.251. The zero-order chi connectivity index (χ0) is 13.7. The van der Waals surface area contributed by atoms with E-state index >= 15 is 0 Å². The van der Waals surface area contributed by atoms with E-state index in [9.17, 15) is 4.39 Å². The van der Waals surface area contributed by atoms with Crippen LogP contribution in [-0.4, -0.2) is 19.2 Å². The summed E-state index contributed by atoms with van der Waals surface area (Å²) in [6.45, 7) is 3.76. The molecule has 1 fully saturated rings. The summed E-state index contributed by atoms with van der Waals surface area (Å²) in [5, 5.41) is 3.56. The highest BCUT2D eigenvalue weighted by Gasteiger charge is 2.20. The van der Waals surface area contributed by atoms with Gasteiger partial charge in [-0.25, -0.2) is 4.39 Å². The predicted octanol–water partition coefficient (Wildman–Crippen LogP) is 4.14. The second kappa shape index (κ2) is 7.25. The number of halogens is 2. The Kier molecular flexibility index (Phi) is 5.64. The van der Waals surface area contributed by atoms with Crippen LogP contribution in [0.1, 0.15) is 32.6 Å². The minimum atomic E-state index is -0.262. The molecule has 1 saturated carbocycles. The summed E-state index contributed by atoms with van der Waals surface area (Å²) in [4.78, 5) is 0. The molecule has 0 amide bonds. The third kappa shape index (κ3) is 4.46. The average Bonchev–Trinajstić information content (AvgIpc) is 2.40. The van der Waals surface area contributed by atoms with Crippen LogP contribution < -0.4 is 10.1 Å². The minimum absolute atomic E-state index is 0.262. The normalized spacial score (nSPS) is 23.3. The van der Waals surface area contributed by atoms with Crippen molar-refractivity contribution in [1.82, 2.24) is 5.32 Å². The van der Waals surface area contributed by atoms with Gasteiger partial charge in [-0.3, -0.25) is 0 Å². The molecule has 2 atom stereocenters. The van der Waals surface area contributed by atoms with Gasteiger partial charge >= 0.3 is 0 Å².